The number of nitrogens with two attached hydrogens (primary N) is 1. The molecule has 108 valence electrons. The topological polar surface area (TPSA) is 49.6 Å². The average molecular weight is 290 g/mol. The van der Waals surface area contributed by atoms with Crippen molar-refractivity contribution in [2.24, 2.45) is 5.73 Å². The van der Waals surface area contributed by atoms with Gasteiger partial charge in [-0.2, -0.15) is 13.2 Å². The Morgan fingerprint density at radius 2 is 1.78 bits per heavy atom. The highest BCUT2D eigenvalue weighted by Gasteiger charge is 2.41. The van der Waals surface area contributed by atoms with Crippen molar-refractivity contribution >= 4 is 18.3 Å². The molecule has 18 heavy (non-hydrogen) atoms. The van der Waals surface area contributed by atoms with Crippen LogP contribution in [-0.2, 0) is 4.79 Å². The molecule has 1 unspecified atom stereocenters. The summed E-state index contributed by atoms with van der Waals surface area (Å²) in [6.07, 6.45) is -3.95. The molecule has 1 aliphatic heterocycles. The Labute approximate surface area is 111 Å². The van der Waals surface area contributed by atoms with Crippen LogP contribution in [0.2, 0.25) is 0 Å². The van der Waals surface area contributed by atoms with Crippen LogP contribution in [0.4, 0.5) is 13.2 Å². The quantitative estimate of drug-likeness (QED) is 0.838. The Kier molecular flexibility index (Phi) is 6.94. The lowest BCUT2D eigenvalue weighted by atomic mass is 10.2. The number of carbonyl (C=O) groups excluding carboxylic acids is 1. The molecule has 8 heteroatoms. The van der Waals surface area contributed by atoms with E-state index in [1.165, 1.54) is 4.90 Å². The number of alkyl halides is 3. The largest absolute Gasteiger partial charge is 0.403 e. The lowest BCUT2D eigenvalue weighted by Crippen LogP contribution is -2.54. The van der Waals surface area contributed by atoms with Crippen LogP contribution in [-0.4, -0.2) is 60.6 Å². The Morgan fingerprint density at radius 1 is 1.28 bits per heavy atom. The van der Waals surface area contributed by atoms with Crippen molar-refractivity contribution in [1.82, 2.24) is 9.80 Å². The number of nitrogens with zero attached hydrogens (tertiary/aromatic N) is 2. The fraction of sp³-hybridized carbons (Fsp3) is 0.900. The first-order chi connectivity index (χ1) is 7.86. The maximum Gasteiger partial charge on any atom is 0.403 e. The second-order valence-electron chi connectivity index (χ2n) is 4.17. The fourth-order valence-corrected chi connectivity index (χ4v) is 1.85. The number of amides is 1. The summed E-state index contributed by atoms with van der Waals surface area (Å²) >= 11 is 0. The molecule has 2 N–H and O–H groups in total. The number of hydrogen-bond donors (Lipinski definition) is 1. The fourth-order valence-electron chi connectivity index (χ4n) is 1.85. The third kappa shape index (κ3) is 4.62. The molecular weight excluding hydrogens is 271 g/mol. The van der Waals surface area contributed by atoms with Gasteiger partial charge in [0, 0.05) is 39.1 Å². The Morgan fingerprint density at radius 3 is 2.17 bits per heavy atom. The first-order valence-electron chi connectivity index (χ1n) is 5.65. The number of carbonyl (C=O) groups is 1. The van der Waals surface area contributed by atoms with Crippen molar-refractivity contribution in [2.45, 2.75) is 25.6 Å². The van der Waals surface area contributed by atoms with Gasteiger partial charge in [-0.3, -0.25) is 9.69 Å². The summed E-state index contributed by atoms with van der Waals surface area (Å²) in [6.45, 7) is 2.64. The number of piperazine rings is 1. The van der Waals surface area contributed by atoms with E-state index < -0.39 is 12.2 Å². The molecule has 1 atom stereocenters. The van der Waals surface area contributed by atoms with Gasteiger partial charge in [-0.05, 0) is 6.92 Å². The van der Waals surface area contributed by atoms with Gasteiger partial charge in [-0.15, -0.1) is 12.4 Å². The van der Waals surface area contributed by atoms with Crippen molar-refractivity contribution in [3.8, 4) is 0 Å². The van der Waals surface area contributed by atoms with Crippen molar-refractivity contribution in [3.63, 3.8) is 0 Å². The molecule has 0 aromatic carbocycles. The highest BCUT2D eigenvalue weighted by molar-refractivity contribution is 5.85. The van der Waals surface area contributed by atoms with E-state index in [4.69, 9.17) is 5.73 Å². The smallest absolute Gasteiger partial charge is 0.340 e. The van der Waals surface area contributed by atoms with E-state index in [9.17, 15) is 18.0 Å². The second-order valence-corrected chi connectivity index (χ2v) is 4.17. The van der Waals surface area contributed by atoms with E-state index in [1.807, 2.05) is 0 Å². The summed E-state index contributed by atoms with van der Waals surface area (Å²) in [5.41, 5.74) is 5.26. The van der Waals surface area contributed by atoms with Crippen LogP contribution in [0.5, 0.6) is 0 Å². The summed E-state index contributed by atoms with van der Waals surface area (Å²) in [7, 11) is 0. The molecule has 0 aliphatic carbocycles. The van der Waals surface area contributed by atoms with Gasteiger partial charge in [0.25, 0.3) is 0 Å². The van der Waals surface area contributed by atoms with Crippen LogP contribution >= 0.6 is 12.4 Å². The van der Waals surface area contributed by atoms with E-state index in [0.29, 0.717) is 13.1 Å². The Hall–Kier alpha value is -0.530. The van der Waals surface area contributed by atoms with Gasteiger partial charge in [-0.1, -0.05) is 0 Å². The third-order valence-electron chi connectivity index (χ3n) is 3.05. The van der Waals surface area contributed by atoms with E-state index in [-0.39, 0.29) is 44.4 Å². The lowest BCUT2D eigenvalue weighted by Gasteiger charge is -2.38. The van der Waals surface area contributed by atoms with Crippen LogP contribution in [0, 0.1) is 0 Å². The highest BCUT2D eigenvalue weighted by atomic mass is 35.5. The van der Waals surface area contributed by atoms with Gasteiger partial charge < -0.3 is 10.6 Å². The minimum absolute atomic E-state index is 0. The molecule has 1 rings (SSSR count). The zero-order chi connectivity index (χ0) is 13.1. The Bertz CT molecular complexity index is 268. The molecule has 1 amide bonds. The van der Waals surface area contributed by atoms with Crippen molar-refractivity contribution < 1.29 is 18.0 Å². The van der Waals surface area contributed by atoms with Crippen LogP contribution in [0.15, 0.2) is 0 Å². The van der Waals surface area contributed by atoms with Gasteiger partial charge in [0.1, 0.15) is 6.04 Å². The van der Waals surface area contributed by atoms with Crippen molar-refractivity contribution in [1.29, 1.82) is 0 Å². The molecule has 0 aromatic rings. The second kappa shape index (κ2) is 7.16. The monoisotopic (exact) mass is 289 g/mol. The molecule has 4 nitrogen and oxygen atoms in total. The predicted octanol–water partition coefficient (Wildman–Crippen LogP) is 0.852. The van der Waals surface area contributed by atoms with Gasteiger partial charge in [0.15, 0.2) is 0 Å². The molecular formula is C10H19ClF3N3O. The molecule has 1 fully saturated rings. The zero-order valence-corrected chi connectivity index (χ0v) is 11.1. The molecule has 0 aromatic heterocycles. The summed E-state index contributed by atoms with van der Waals surface area (Å²) in [6, 6.07) is -1.45. The summed E-state index contributed by atoms with van der Waals surface area (Å²) in [5.74, 6) is -0.0770. The van der Waals surface area contributed by atoms with Crippen LogP contribution in [0.3, 0.4) is 0 Å². The molecule has 1 saturated heterocycles. The third-order valence-corrected chi connectivity index (χ3v) is 3.05. The first kappa shape index (κ1) is 17.5. The first-order valence-corrected chi connectivity index (χ1v) is 5.65. The number of halogens is 4. The van der Waals surface area contributed by atoms with Gasteiger partial charge in [0.2, 0.25) is 5.91 Å². The lowest BCUT2D eigenvalue weighted by molar-refractivity contribution is -0.182. The highest BCUT2D eigenvalue weighted by Crippen LogP contribution is 2.25. The van der Waals surface area contributed by atoms with Crippen LogP contribution in [0.25, 0.3) is 0 Å². The van der Waals surface area contributed by atoms with Crippen molar-refractivity contribution in [3.05, 3.63) is 0 Å². The van der Waals surface area contributed by atoms with E-state index in [1.54, 1.807) is 4.90 Å². The van der Waals surface area contributed by atoms with E-state index in [2.05, 4.69) is 0 Å². The average Bonchev–Trinajstić information content (AvgIpc) is 2.27. The van der Waals surface area contributed by atoms with Crippen LogP contribution < -0.4 is 5.73 Å². The Balaban J connectivity index is 0.00000289. The van der Waals surface area contributed by atoms with E-state index >= 15 is 0 Å². The van der Waals surface area contributed by atoms with Gasteiger partial charge in [-0.25, -0.2) is 0 Å². The molecule has 1 heterocycles. The van der Waals surface area contributed by atoms with Gasteiger partial charge in [0.05, 0.1) is 0 Å². The maximum absolute atomic E-state index is 12.5. The normalized spacial score (nSPS) is 19.3. The SMILES string of the molecule is CC(N1CCN(C(=O)CCN)CC1)C(F)(F)F.Cl. The van der Waals surface area contributed by atoms with Gasteiger partial charge >= 0.3 is 6.18 Å². The predicted molar refractivity (Wildman–Crippen MR) is 64.6 cm³/mol. The number of rotatable bonds is 3. The van der Waals surface area contributed by atoms with E-state index in [0.717, 1.165) is 6.92 Å². The summed E-state index contributed by atoms with van der Waals surface area (Å²) in [4.78, 5) is 14.4. The molecule has 0 bridgehead atoms. The molecule has 0 spiro atoms. The molecule has 1 aliphatic rings. The summed E-state index contributed by atoms with van der Waals surface area (Å²) < 4.78 is 37.4. The summed E-state index contributed by atoms with van der Waals surface area (Å²) in [5, 5.41) is 0. The standard InChI is InChI=1S/C10H18F3N3O.ClH/c1-8(10(11,12)13)15-4-6-16(7-5-15)9(17)2-3-14;/h8H,2-7,14H2,1H3;1H. The minimum atomic E-state index is -4.20. The van der Waals surface area contributed by atoms with Crippen molar-refractivity contribution in [2.75, 3.05) is 32.7 Å². The maximum atomic E-state index is 12.5. The molecule has 0 saturated carbocycles. The minimum Gasteiger partial charge on any atom is -0.340 e. The van der Waals surface area contributed by atoms with Crippen LogP contribution in [0.1, 0.15) is 13.3 Å². The number of hydrogen-bond acceptors (Lipinski definition) is 3. The molecule has 0 radical (unpaired) electrons. The zero-order valence-electron chi connectivity index (χ0n) is 10.2.